The molecule has 0 unspecified atom stereocenters. The molecule has 4 nitrogen and oxygen atoms in total. The predicted molar refractivity (Wildman–Crippen MR) is 74.5 cm³/mol. The first-order valence-corrected chi connectivity index (χ1v) is 6.33. The lowest BCUT2D eigenvalue weighted by atomic mass is 10.1. The Morgan fingerprint density at radius 2 is 2.11 bits per heavy atom. The first kappa shape index (κ1) is 13.6. The number of carbonyl (C=O) groups excluding carboxylic acids is 1. The van der Waals surface area contributed by atoms with Crippen LogP contribution in [0.1, 0.15) is 22.6 Å². The van der Waals surface area contributed by atoms with E-state index in [1.807, 2.05) is 19.9 Å². The van der Waals surface area contributed by atoms with Gasteiger partial charge in [-0.3, -0.25) is 4.79 Å². The molecule has 0 aliphatic carbocycles. The number of nitrogens with one attached hydrogen (secondary N) is 1. The van der Waals surface area contributed by atoms with Gasteiger partial charge in [-0.2, -0.15) is 0 Å². The van der Waals surface area contributed by atoms with Crippen LogP contribution in [0.25, 0.3) is 0 Å². The molecule has 1 heterocycles. The summed E-state index contributed by atoms with van der Waals surface area (Å²) >= 11 is 5.88. The summed E-state index contributed by atoms with van der Waals surface area (Å²) in [5.74, 6) is 0.584. The third kappa shape index (κ3) is 3.15. The fraction of sp³-hybridized carbons (Fsp3) is 0.286. The Balaban J connectivity index is 2.10. The molecule has 0 spiro atoms. The van der Waals surface area contributed by atoms with E-state index in [1.165, 1.54) is 0 Å². The van der Waals surface area contributed by atoms with E-state index < -0.39 is 0 Å². The van der Waals surface area contributed by atoms with Crippen LogP contribution in [0.2, 0.25) is 5.02 Å². The van der Waals surface area contributed by atoms with Crippen molar-refractivity contribution in [1.82, 2.24) is 5.16 Å². The number of hydrogen-bond donors (Lipinski definition) is 1. The van der Waals surface area contributed by atoms with E-state index in [2.05, 4.69) is 10.5 Å². The maximum atomic E-state index is 12.0. The van der Waals surface area contributed by atoms with Crippen molar-refractivity contribution in [3.63, 3.8) is 0 Å². The summed E-state index contributed by atoms with van der Waals surface area (Å²) in [6.45, 7) is 5.53. The maximum absolute atomic E-state index is 12.0. The molecular formula is C14H15ClN2O2. The fourth-order valence-corrected chi connectivity index (χ4v) is 2.10. The zero-order chi connectivity index (χ0) is 14.0. The van der Waals surface area contributed by atoms with Crippen LogP contribution in [0.15, 0.2) is 22.7 Å². The van der Waals surface area contributed by atoms with Gasteiger partial charge in [0.2, 0.25) is 5.91 Å². The normalized spacial score (nSPS) is 10.5. The molecule has 5 heteroatoms. The largest absolute Gasteiger partial charge is 0.361 e. The van der Waals surface area contributed by atoms with E-state index in [0.29, 0.717) is 10.8 Å². The maximum Gasteiger partial charge on any atom is 0.229 e. The molecule has 0 aliphatic heterocycles. The number of anilines is 1. The zero-order valence-electron chi connectivity index (χ0n) is 11.1. The highest BCUT2D eigenvalue weighted by Gasteiger charge is 2.14. The third-order valence-electron chi connectivity index (χ3n) is 2.98. The van der Waals surface area contributed by atoms with Crippen LogP contribution in [0.5, 0.6) is 0 Å². The highest BCUT2D eigenvalue weighted by Crippen LogP contribution is 2.20. The molecule has 19 heavy (non-hydrogen) atoms. The number of aryl methyl sites for hydroxylation is 3. The van der Waals surface area contributed by atoms with E-state index in [9.17, 15) is 4.79 Å². The number of carbonyl (C=O) groups is 1. The van der Waals surface area contributed by atoms with Gasteiger partial charge in [0.25, 0.3) is 0 Å². The number of hydrogen-bond acceptors (Lipinski definition) is 3. The molecule has 0 bridgehead atoms. The lowest BCUT2D eigenvalue weighted by molar-refractivity contribution is -0.115. The SMILES string of the molecule is Cc1cc(Cl)ccc1NC(=O)Cc1c(C)noc1C. The van der Waals surface area contributed by atoms with Crippen molar-refractivity contribution in [2.24, 2.45) is 0 Å². The van der Waals surface area contributed by atoms with Gasteiger partial charge in [-0.1, -0.05) is 16.8 Å². The van der Waals surface area contributed by atoms with Gasteiger partial charge < -0.3 is 9.84 Å². The van der Waals surface area contributed by atoms with E-state index >= 15 is 0 Å². The molecule has 1 aromatic carbocycles. The standard InChI is InChI=1S/C14H15ClN2O2/c1-8-6-11(15)4-5-13(8)16-14(18)7-12-9(2)17-19-10(12)3/h4-6H,7H2,1-3H3,(H,16,18). The number of amides is 1. The van der Waals surface area contributed by atoms with Crippen molar-refractivity contribution in [2.75, 3.05) is 5.32 Å². The van der Waals surface area contributed by atoms with Crippen LogP contribution in [0.4, 0.5) is 5.69 Å². The molecule has 0 atom stereocenters. The van der Waals surface area contributed by atoms with Crippen LogP contribution in [0, 0.1) is 20.8 Å². The Hall–Kier alpha value is -1.81. The summed E-state index contributed by atoms with van der Waals surface area (Å²) in [6.07, 6.45) is 0.253. The minimum atomic E-state index is -0.0974. The molecule has 1 aromatic heterocycles. The molecular weight excluding hydrogens is 264 g/mol. The molecule has 1 amide bonds. The van der Waals surface area contributed by atoms with Crippen molar-refractivity contribution in [3.8, 4) is 0 Å². The Morgan fingerprint density at radius 1 is 1.37 bits per heavy atom. The Labute approximate surface area is 116 Å². The molecule has 0 aliphatic rings. The molecule has 0 fully saturated rings. The van der Waals surface area contributed by atoms with Crippen molar-refractivity contribution >= 4 is 23.2 Å². The second kappa shape index (κ2) is 5.45. The van der Waals surface area contributed by atoms with E-state index in [4.69, 9.17) is 16.1 Å². The number of aromatic nitrogens is 1. The molecule has 100 valence electrons. The number of halogens is 1. The number of nitrogens with zero attached hydrogens (tertiary/aromatic N) is 1. The first-order chi connectivity index (χ1) is 8.97. The van der Waals surface area contributed by atoms with Gasteiger partial charge in [-0.25, -0.2) is 0 Å². The van der Waals surface area contributed by atoms with Gasteiger partial charge in [0.1, 0.15) is 5.76 Å². The second-order valence-corrected chi connectivity index (χ2v) is 4.92. The van der Waals surface area contributed by atoms with Gasteiger partial charge in [-0.05, 0) is 44.5 Å². The van der Waals surface area contributed by atoms with Crippen LogP contribution >= 0.6 is 11.6 Å². The topological polar surface area (TPSA) is 55.1 Å². The average Bonchev–Trinajstić information content (AvgIpc) is 2.65. The van der Waals surface area contributed by atoms with Gasteiger partial charge in [0.15, 0.2) is 0 Å². The average molecular weight is 279 g/mol. The molecule has 2 aromatic rings. The molecule has 0 radical (unpaired) electrons. The van der Waals surface area contributed by atoms with Crippen LogP contribution in [-0.4, -0.2) is 11.1 Å². The van der Waals surface area contributed by atoms with Crippen LogP contribution in [-0.2, 0) is 11.2 Å². The van der Waals surface area contributed by atoms with E-state index in [-0.39, 0.29) is 12.3 Å². The quantitative estimate of drug-likeness (QED) is 0.936. The zero-order valence-corrected chi connectivity index (χ0v) is 11.8. The predicted octanol–water partition coefficient (Wildman–Crippen LogP) is 3.43. The van der Waals surface area contributed by atoms with E-state index in [1.54, 1.807) is 19.1 Å². The molecule has 2 rings (SSSR count). The number of rotatable bonds is 3. The second-order valence-electron chi connectivity index (χ2n) is 4.49. The lowest BCUT2D eigenvalue weighted by Crippen LogP contribution is -2.15. The minimum Gasteiger partial charge on any atom is -0.361 e. The van der Waals surface area contributed by atoms with Gasteiger partial charge in [-0.15, -0.1) is 0 Å². The summed E-state index contributed by atoms with van der Waals surface area (Å²) in [4.78, 5) is 12.0. The van der Waals surface area contributed by atoms with Gasteiger partial charge in [0, 0.05) is 16.3 Å². The monoisotopic (exact) mass is 278 g/mol. The Morgan fingerprint density at radius 3 is 2.68 bits per heavy atom. The van der Waals surface area contributed by atoms with Gasteiger partial charge >= 0.3 is 0 Å². The molecule has 0 saturated heterocycles. The Bertz CT molecular complexity index is 600. The van der Waals surface area contributed by atoms with Crippen LogP contribution in [0.3, 0.4) is 0 Å². The molecule has 0 saturated carbocycles. The summed E-state index contributed by atoms with van der Waals surface area (Å²) < 4.78 is 5.04. The van der Waals surface area contributed by atoms with Crippen molar-refractivity contribution in [1.29, 1.82) is 0 Å². The summed E-state index contributed by atoms with van der Waals surface area (Å²) in [5.41, 5.74) is 3.28. The van der Waals surface area contributed by atoms with Crippen molar-refractivity contribution in [3.05, 3.63) is 45.8 Å². The van der Waals surface area contributed by atoms with Crippen molar-refractivity contribution in [2.45, 2.75) is 27.2 Å². The summed E-state index contributed by atoms with van der Waals surface area (Å²) in [5, 5.41) is 7.35. The summed E-state index contributed by atoms with van der Waals surface area (Å²) in [6, 6.07) is 5.36. The first-order valence-electron chi connectivity index (χ1n) is 5.95. The third-order valence-corrected chi connectivity index (χ3v) is 3.22. The van der Waals surface area contributed by atoms with Crippen LogP contribution < -0.4 is 5.32 Å². The molecule has 1 N–H and O–H groups in total. The number of benzene rings is 1. The summed E-state index contributed by atoms with van der Waals surface area (Å²) in [7, 11) is 0. The Kier molecular flexibility index (Phi) is 3.90. The smallest absolute Gasteiger partial charge is 0.229 e. The fourth-order valence-electron chi connectivity index (χ4n) is 1.88. The highest BCUT2D eigenvalue weighted by atomic mass is 35.5. The van der Waals surface area contributed by atoms with Gasteiger partial charge in [0.05, 0.1) is 12.1 Å². The highest BCUT2D eigenvalue weighted by molar-refractivity contribution is 6.30. The van der Waals surface area contributed by atoms with E-state index in [0.717, 1.165) is 22.5 Å². The lowest BCUT2D eigenvalue weighted by Gasteiger charge is -2.08. The minimum absolute atomic E-state index is 0.0974. The van der Waals surface area contributed by atoms with Crippen molar-refractivity contribution < 1.29 is 9.32 Å².